The maximum absolute atomic E-state index is 11.1. The predicted octanol–water partition coefficient (Wildman–Crippen LogP) is 0.378. The van der Waals surface area contributed by atoms with Gasteiger partial charge in [-0.25, -0.2) is 13.2 Å². The summed E-state index contributed by atoms with van der Waals surface area (Å²) in [6.45, 7) is 0.289. The first-order valence-corrected chi connectivity index (χ1v) is 6.63. The van der Waals surface area contributed by atoms with Crippen LogP contribution in [0.2, 0.25) is 0 Å². The first kappa shape index (κ1) is 11.9. The van der Waals surface area contributed by atoms with Gasteiger partial charge in [-0.05, 0) is 6.07 Å². The average molecular weight is 257 g/mol. The van der Waals surface area contributed by atoms with Crippen molar-refractivity contribution >= 4 is 15.8 Å². The van der Waals surface area contributed by atoms with Crippen LogP contribution in [0.1, 0.15) is 16.1 Å². The highest BCUT2D eigenvalue weighted by Gasteiger charge is 2.21. The fourth-order valence-electron chi connectivity index (χ4n) is 1.52. The Bertz CT molecular complexity index is 557. The summed E-state index contributed by atoms with van der Waals surface area (Å²) < 4.78 is 27.3. The quantitative estimate of drug-likeness (QED) is 0.809. The molecule has 0 fully saturated rings. The van der Waals surface area contributed by atoms with Gasteiger partial charge < -0.3 is 14.8 Å². The second-order valence-corrected chi connectivity index (χ2v) is 5.68. The molecular formula is C10H11NO5S. The van der Waals surface area contributed by atoms with Crippen molar-refractivity contribution in [1.82, 2.24) is 5.32 Å². The summed E-state index contributed by atoms with van der Waals surface area (Å²) >= 11 is 0. The lowest BCUT2D eigenvalue weighted by molar-refractivity contribution is 0.0696. The van der Waals surface area contributed by atoms with Crippen LogP contribution in [-0.2, 0) is 16.4 Å². The molecule has 1 aromatic heterocycles. The maximum Gasteiger partial charge on any atom is 0.338 e. The largest absolute Gasteiger partial charge is 0.478 e. The van der Waals surface area contributed by atoms with Crippen molar-refractivity contribution in [3.63, 3.8) is 0 Å². The lowest BCUT2D eigenvalue weighted by Crippen LogP contribution is -2.29. The number of carbonyl (C=O) groups is 1. The van der Waals surface area contributed by atoms with E-state index in [9.17, 15) is 13.2 Å². The van der Waals surface area contributed by atoms with Gasteiger partial charge in [-0.3, -0.25) is 0 Å². The minimum atomic E-state index is -3.08. The fraction of sp³-hybridized carbons (Fsp3) is 0.300. The van der Waals surface area contributed by atoms with Crippen LogP contribution in [0.15, 0.2) is 28.2 Å². The van der Waals surface area contributed by atoms with Gasteiger partial charge in [-0.15, -0.1) is 0 Å². The molecule has 7 heteroatoms. The van der Waals surface area contributed by atoms with E-state index in [1.165, 1.54) is 11.5 Å². The van der Waals surface area contributed by atoms with Gasteiger partial charge in [0.15, 0.2) is 9.84 Å². The Hall–Kier alpha value is -1.60. The zero-order valence-electron chi connectivity index (χ0n) is 8.79. The van der Waals surface area contributed by atoms with Gasteiger partial charge >= 0.3 is 5.97 Å². The number of hydrogen-bond acceptors (Lipinski definition) is 5. The van der Waals surface area contributed by atoms with Crippen molar-refractivity contribution in [2.75, 3.05) is 5.75 Å². The molecule has 92 valence electrons. The second-order valence-electron chi connectivity index (χ2n) is 3.75. The van der Waals surface area contributed by atoms with Crippen molar-refractivity contribution in [3.8, 4) is 0 Å². The smallest absolute Gasteiger partial charge is 0.338 e. The highest BCUT2D eigenvalue weighted by atomic mass is 32.2. The minimum Gasteiger partial charge on any atom is -0.478 e. The summed E-state index contributed by atoms with van der Waals surface area (Å²) in [5, 5.41) is 12.8. The molecule has 0 radical (unpaired) electrons. The van der Waals surface area contributed by atoms with Crippen LogP contribution >= 0.6 is 0 Å². The summed E-state index contributed by atoms with van der Waals surface area (Å²) in [4.78, 5) is 10.6. The molecule has 2 rings (SSSR count). The number of carboxylic acids is 1. The molecule has 0 aliphatic carbocycles. The van der Waals surface area contributed by atoms with E-state index in [-0.39, 0.29) is 23.9 Å². The van der Waals surface area contributed by atoms with Gasteiger partial charge in [-0.1, -0.05) is 6.08 Å². The number of rotatable bonds is 4. The second kappa shape index (κ2) is 4.34. The zero-order valence-corrected chi connectivity index (χ0v) is 9.61. The fourth-order valence-corrected chi connectivity index (χ4v) is 2.79. The minimum absolute atomic E-state index is 0.0273. The van der Waals surface area contributed by atoms with Crippen molar-refractivity contribution in [2.24, 2.45) is 0 Å². The number of aromatic carboxylic acids is 1. The SMILES string of the molecule is O=C(O)c1coc(CNC2C=CS(=O)(=O)C2)c1. The van der Waals surface area contributed by atoms with Crippen LogP contribution in [0.4, 0.5) is 0 Å². The van der Waals surface area contributed by atoms with E-state index in [0.717, 1.165) is 6.26 Å². The van der Waals surface area contributed by atoms with Crippen LogP contribution in [-0.4, -0.2) is 31.3 Å². The molecule has 17 heavy (non-hydrogen) atoms. The van der Waals surface area contributed by atoms with E-state index >= 15 is 0 Å². The van der Waals surface area contributed by atoms with Crippen molar-refractivity contribution in [2.45, 2.75) is 12.6 Å². The molecule has 0 saturated carbocycles. The molecule has 1 unspecified atom stereocenters. The predicted molar refractivity (Wildman–Crippen MR) is 59.2 cm³/mol. The molecule has 1 aliphatic rings. The normalized spacial score (nSPS) is 21.8. The monoisotopic (exact) mass is 257 g/mol. The molecule has 2 heterocycles. The molecule has 1 atom stereocenters. The van der Waals surface area contributed by atoms with E-state index < -0.39 is 15.8 Å². The van der Waals surface area contributed by atoms with Crippen LogP contribution < -0.4 is 5.32 Å². The molecule has 1 aromatic rings. The molecule has 0 bridgehead atoms. The molecular weight excluding hydrogens is 246 g/mol. The molecule has 0 spiro atoms. The van der Waals surface area contributed by atoms with Crippen LogP contribution in [0, 0.1) is 0 Å². The van der Waals surface area contributed by atoms with Crippen LogP contribution in [0.5, 0.6) is 0 Å². The van der Waals surface area contributed by atoms with Gasteiger partial charge in [0.25, 0.3) is 0 Å². The lowest BCUT2D eigenvalue weighted by Gasteiger charge is -2.07. The van der Waals surface area contributed by atoms with Gasteiger partial charge in [0.1, 0.15) is 12.0 Å². The molecule has 1 aliphatic heterocycles. The third-order valence-corrected chi connectivity index (χ3v) is 3.76. The summed E-state index contributed by atoms with van der Waals surface area (Å²) in [6.07, 6.45) is 2.72. The highest BCUT2D eigenvalue weighted by Crippen LogP contribution is 2.11. The zero-order chi connectivity index (χ0) is 12.5. The van der Waals surface area contributed by atoms with Gasteiger partial charge in [0, 0.05) is 11.4 Å². The Morgan fingerprint density at radius 3 is 2.88 bits per heavy atom. The third-order valence-electron chi connectivity index (χ3n) is 2.37. The van der Waals surface area contributed by atoms with E-state index in [4.69, 9.17) is 9.52 Å². The Kier molecular flexibility index (Phi) is 3.03. The molecule has 2 N–H and O–H groups in total. The number of furan rings is 1. The highest BCUT2D eigenvalue weighted by molar-refractivity contribution is 7.94. The third kappa shape index (κ3) is 2.95. The number of sulfone groups is 1. The van der Waals surface area contributed by atoms with Crippen molar-refractivity contribution in [3.05, 3.63) is 35.1 Å². The van der Waals surface area contributed by atoms with Crippen LogP contribution in [0.25, 0.3) is 0 Å². The lowest BCUT2D eigenvalue weighted by atomic mass is 10.3. The molecule has 0 aromatic carbocycles. The Balaban J connectivity index is 1.91. The van der Waals surface area contributed by atoms with Crippen molar-refractivity contribution in [1.29, 1.82) is 0 Å². The summed E-state index contributed by atoms with van der Waals surface area (Å²) in [5.74, 6) is -0.567. The first-order chi connectivity index (χ1) is 7.96. The summed E-state index contributed by atoms with van der Waals surface area (Å²) in [7, 11) is -3.08. The molecule has 6 nitrogen and oxygen atoms in total. The van der Waals surface area contributed by atoms with Gasteiger partial charge in [-0.2, -0.15) is 0 Å². The van der Waals surface area contributed by atoms with E-state index in [0.29, 0.717) is 5.76 Å². The topological polar surface area (TPSA) is 96.6 Å². The van der Waals surface area contributed by atoms with Crippen molar-refractivity contribution < 1.29 is 22.7 Å². The maximum atomic E-state index is 11.1. The summed E-state index contributed by atoms with van der Waals surface area (Å²) in [5.41, 5.74) is 0.0800. The number of nitrogens with one attached hydrogen (secondary N) is 1. The summed E-state index contributed by atoms with van der Waals surface area (Å²) in [6, 6.07) is 1.15. The van der Waals surface area contributed by atoms with Gasteiger partial charge in [0.2, 0.25) is 0 Å². The van der Waals surface area contributed by atoms with E-state index in [1.807, 2.05) is 0 Å². The standard InChI is InChI=1S/C10H11NO5S/c12-10(13)7-3-9(16-5-7)4-11-8-1-2-17(14,15)6-8/h1-3,5,8,11H,4,6H2,(H,12,13). The Morgan fingerprint density at radius 2 is 2.35 bits per heavy atom. The number of hydrogen-bond donors (Lipinski definition) is 2. The Labute approximate surface area is 97.9 Å². The molecule has 0 amide bonds. The van der Waals surface area contributed by atoms with E-state index in [2.05, 4.69) is 5.32 Å². The van der Waals surface area contributed by atoms with Crippen LogP contribution in [0.3, 0.4) is 0 Å². The average Bonchev–Trinajstić information content (AvgIpc) is 2.81. The Morgan fingerprint density at radius 1 is 1.59 bits per heavy atom. The molecule has 0 saturated heterocycles. The van der Waals surface area contributed by atoms with Gasteiger partial charge in [0.05, 0.1) is 17.9 Å². The number of carboxylic acid groups (broad SMARTS) is 1. The van der Waals surface area contributed by atoms with E-state index in [1.54, 1.807) is 6.08 Å². The first-order valence-electron chi connectivity index (χ1n) is 4.91.